The molecule has 1 aliphatic heterocycles. The molecule has 1 saturated heterocycles. The molecule has 2 N–H and O–H groups in total. The molecule has 0 unspecified atom stereocenters. The fourth-order valence-electron chi connectivity index (χ4n) is 5.19. The van der Waals surface area contributed by atoms with Crippen molar-refractivity contribution in [1.29, 1.82) is 0 Å². The zero-order chi connectivity index (χ0) is 31.6. The Morgan fingerprint density at radius 1 is 0.911 bits per heavy atom. The molecule has 45 heavy (non-hydrogen) atoms. The number of nitrogens with one attached hydrogen (secondary N) is 2. The van der Waals surface area contributed by atoms with E-state index in [-0.39, 0.29) is 17.9 Å². The number of halogens is 2. The summed E-state index contributed by atoms with van der Waals surface area (Å²) in [4.78, 5) is 31.4. The topological polar surface area (TPSA) is 102 Å². The van der Waals surface area contributed by atoms with Gasteiger partial charge in [-0.2, -0.15) is 0 Å². The Balaban J connectivity index is 1.18. The van der Waals surface area contributed by atoms with Gasteiger partial charge in [0.15, 0.2) is 11.5 Å². The molecule has 2 heterocycles. The number of pyridine rings is 1. The number of unbranched alkanes of at least 4 members (excludes halogenated alkanes) is 1. The van der Waals surface area contributed by atoms with Gasteiger partial charge in [0.25, 0.3) is 0 Å². The number of aromatic nitrogens is 1. The highest BCUT2D eigenvalue weighted by Gasteiger charge is 2.15. The van der Waals surface area contributed by atoms with Crippen LogP contribution in [0.5, 0.6) is 23.0 Å². The molecule has 5 rings (SSSR count). The van der Waals surface area contributed by atoms with Crippen LogP contribution in [0, 0.1) is 11.6 Å². The standard InChI is InChI=1S/C34H36F2N4O5/c1-43-31-21-26-29(22-32(31)44-18-6-5-17-40-15-3-2-4-16-40)37-14-13-30(26)45-25-11-12-28(27(36)20-25)38-34(42)39-33(41)19-23-7-9-24(35)10-8-23/h7-14,20-22H,2-6,15-19H2,1H3,(H2,38,39,41,42). The molecule has 11 heteroatoms. The molecule has 0 radical (unpaired) electrons. The monoisotopic (exact) mass is 618 g/mol. The Morgan fingerprint density at radius 2 is 1.71 bits per heavy atom. The number of anilines is 1. The summed E-state index contributed by atoms with van der Waals surface area (Å²) in [6.07, 6.45) is 7.34. The Labute approximate surface area is 260 Å². The molecule has 3 amide bonds. The minimum Gasteiger partial charge on any atom is -0.493 e. The molecule has 0 spiro atoms. The Morgan fingerprint density at radius 3 is 2.47 bits per heavy atom. The van der Waals surface area contributed by atoms with Crippen molar-refractivity contribution in [2.24, 2.45) is 0 Å². The van der Waals surface area contributed by atoms with Gasteiger partial charge in [0, 0.05) is 23.7 Å². The lowest BCUT2D eigenvalue weighted by atomic mass is 10.1. The smallest absolute Gasteiger partial charge is 0.325 e. The van der Waals surface area contributed by atoms with Crippen LogP contribution in [-0.4, -0.2) is 55.2 Å². The molecule has 3 aromatic carbocycles. The fourth-order valence-corrected chi connectivity index (χ4v) is 5.19. The van der Waals surface area contributed by atoms with Gasteiger partial charge in [-0.3, -0.25) is 15.1 Å². The van der Waals surface area contributed by atoms with Crippen LogP contribution in [0.3, 0.4) is 0 Å². The third-order valence-electron chi connectivity index (χ3n) is 7.51. The van der Waals surface area contributed by atoms with Crippen molar-refractivity contribution in [3.8, 4) is 23.0 Å². The summed E-state index contributed by atoms with van der Waals surface area (Å²) in [7, 11) is 1.56. The molecular weight excluding hydrogens is 582 g/mol. The number of amides is 3. The minimum atomic E-state index is -0.901. The third kappa shape index (κ3) is 8.89. The van der Waals surface area contributed by atoms with E-state index in [1.54, 1.807) is 31.5 Å². The van der Waals surface area contributed by atoms with E-state index in [0.717, 1.165) is 25.5 Å². The second-order valence-electron chi connectivity index (χ2n) is 10.8. The van der Waals surface area contributed by atoms with Crippen molar-refractivity contribution in [3.05, 3.63) is 84.1 Å². The summed E-state index contributed by atoms with van der Waals surface area (Å²) in [5.41, 5.74) is 1.00. The zero-order valence-corrected chi connectivity index (χ0v) is 25.1. The average molecular weight is 619 g/mol. The number of carbonyl (C=O) groups excluding carboxylic acids is 2. The summed E-state index contributed by atoms with van der Waals surface area (Å²) in [6.45, 7) is 4.02. The van der Waals surface area contributed by atoms with Crippen LogP contribution in [0.2, 0.25) is 0 Å². The number of likely N-dealkylation sites (tertiary alicyclic amines) is 1. The average Bonchev–Trinajstić information content (AvgIpc) is 3.03. The number of ether oxygens (including phenoxy) is 3. The van der Waals surface area contributed by atoms with Crippen molar-refractivity contribution < 1.29 is 32.6 Å². The van der Waals surface area contributed by atoms with Gasteiger partial charge < -0.3 is 24.4 Å². The number of carbonyl (C=O) groups is 2. The quantitative estimate of drug-likeness (QED) is 0.168. The van der Waals surface area contributed by atoms with Gasteiger partial charge >= 0.3 is 6.03 Å². The van der Waals surface area contributed by atoms with Gasteiger partial charge in [-0.1, -0.05) is 18.6 Å². The number of nitrogens with zero attached hydrogens (tertiary/aromatic N) is 2. The molecular formula is C34H36F2N4O5. The first-order valence-corrected chi connectivity index (χ1v) is 15.0. The van der Waals surface area contributed by atoms with Crippen LogP contribution in [0.15, 0.2) is 66.9 Å². The first-order valence-electron chi connectivity index (χ1n) is 15.0. The van der Waals surface area contributed by atoms with Gasteiger partial charge in [-0.05, 0) is 87.3 Å². The second-order valence-corrected chi connectivity index (χ2v) is 10.8. The van der Waals surface area contributed by atoms with Crippen molar-refractivity contribution >= 4 is 28.5 Å². The summed E-state index contributed by atoms with van der Waals surface area (Å²) in [6, 6.07) is 13.6. The number of methoxy groups -OCH3 is 1. The van der Waals surface area contributed by atoms with Gasteiger partial charge in [0.1, 0.15) is 23.1 Å². The lowest BCUT2D eigenvalue weighted by Crippen LogP contribution is -2.35. The number of fused-ring (bicyclic) bond motifs is 1. The molecule has 9 nitrogen and oxygen atoms in total. The van der Waals surface area contributed by atoms with Crippen molar-refractivity contribution in [3.63, 3.8) is 0 Å². The van der Waals surface area contributed by atoms with Gasteiger partial charge in [-0.15, -0.1) is 0 Å². The third-order valence-corrected chi connectivity index (χ3v) is 7.51. The molecule has 4 aromatic rings. The second kappa shape index (κ2) is 15.3. The number of urea groups is 1. The lowest BCUT2D eigenvalue weighted by molar-refractivity contribution is -0.119. The Hall–Kier alpha value is -4.77. The van der Waals surface area contributed by atoms with Gasteiger partial charge in [-0.25, -0.2) is 13.6 Å². The van der Waals surface area contributed by atoms with E-state index >= 15 is 0 Å². The molecule has 0 aliphatic carbocycles. The summed E-state index contributed by atoms with van der Waals surface area (Å²) in [5, 5.41) is 5.09. The molecule has 1 aliphatic rings. The van der Waals surface area contributed by atoms with E-state index in [9.17, 15) is 18.4 Å². The van der Waals surface area contributed by atoms with E-state index < -0.39 is 23.6 Å². The largest absolute Gasteiger partial charge is 0.493 e. The number of rotatable bonds is 12. The van der Waals surface area contributed by atoms with E-state index in [2.05, 4.69) is 20.5 Å². The highest BCUT2D eigenvalue weighted by molar-refractivity contribution is 6.01. The van der Waals surface area contributed by atoms with Crippen LogP contribution >= 0.6 is 0 Å². The molecule has 1 aromatic heterocycles. The Bertz CT molecular complexity index is 1630. The molecule has 1 fully saturated rings. The molecule has 0 bridgehead atoms. The van der Waals surface area contributed by atoms with Crippen LogP contribution in [0.4, 0.5) is 19.3 Å². The molecule has 0 saturated carbocycles. The van der Waals surface area contributed by atoms with Crippen LogP contribution in [0.25, 0.3) is 10.9 Å². The summed E-state index contributed by atoms with van der Waals surface area (Å²) in [5.74, 6) is -0.0891. The van der Waals surface area contributed by atoms with E-state index in [4.69, 9.17) is 14.2 Å². The number of imide groups is 1. The number of piperidine rings is 1. The van der Waals surface area contributed by atoms with Gasteiger partial charge in [0.2, 0.25) is 5.91 Å². The van der Waals surface area contributed by atoms with E-state index in [1.165, 1.54) is 68.8 Å². The van der Waals surface area contributed by atoms with Crippen molar-refractivity contribution in [1.82, 2.24) is 15.2 Å². The first-order chi connectivity index (χ1) is 21.9. The predicted octanol–water partition coefficient (Wildman–Crippen LogP) is 6.85. The van der Waals surface area contributed by atoms with E-state index in [0.29, 0.717) is 40.3 Å². The van der Waals surface area contributed by atoms with Crippen LogP contribution in [0.1, 0.15) is 37.7 Å². The summed E-state index contributed by atoms with van der Waals surface area (Å²) >= 11 is 0. The lowest BCUT2D eigenvalue weighted by Gasteiger charge is -2.26. The van der Waals surface area contributed by atoms with E-state index in [1.807, 2.05) is 0 Å². The Kier molecular flexibility index (Phi) is 10.8. The maximum atomic E-state index is 14.9. The zero-order valence-electron chi connectivity index (χ0n) is 25.1. The van der Waals surface area contributed by atoms with Gasteiger partial charge in [0.05, 0.1) is 31.3 Å². The highest BCUT2D eigenvalue weighted by Crippen LogP contribution is 2.37. The number of benzene rings is 3. The maximum absolute atomic E-state index is 14.9. The van der Waals surface area contributed by atoms with Crippen molar-refractivity contribution in [2.75, 3.05) is 38.7 Å². The fraction of sp³-hybridized carbons (Fsp3) is 0.324. The van der Waals surface area contributed by atoms with Crippen LogP contribution in [-0.2, 0) is 11.2 Å². The maximum Gasteiger partial charge on any atom is 0.325 e. The normalized spacial score (nSPS) is 13.3. The molecule has 236 valence electrons. The first kappa shape index (κ1) is 31.6. The van der Waals surface area contributed by atoms with Crippen LogP contribution < -0.4 is 24.8 Å². The number of hydrogen-bond acceptors (Lipinski definition) is 7. The predicted molar refractivity (Wildman–Crippen MR) is 167 cm³/mol. The number of hydrogen-bond donors (Lipinski definition) is 2. The summed E-state index contributed by atoms with van der Waals surface area (Å²) < 4.78 is 45.6. The van der Waals surface area contributed by atoms with Crippen molar-refractivity contribution in [2.45, 2.75) is 38.5 Å². The minimum absolute atomic E-state index is 0.139. The molecule has 0 atom stereocenters. The SMILES string of the molecule is COc1cc2c(Oc3ccc(NC(=O)NC(=O)Cc4ccc(F)cc4)c(F)c3)ccnc2cc1OCCCCN1CCCCC1. The highest BCUT2D eigenvalue weighted by atomic mass is 19.1.